The minimum absolute atomic E-state index is 0.0325. The SMILES string of the molecule is CC1C(=O)Oc2ccccc2C1C.CCC(C)c1ccc(O)cc1.CCC(C)c1cccc2c(C(=O)OC3c4ccccc4-c4ccccc43)cccc12. The fourth-order valence-corrected chi connectivity index (χ4v) is 7.23. The molecule has 0 aromatic heterocycles. The van der Waals surface area contributed by atoms with E-state index >= 15 is 0 Å². The molecule has 0 fully saturated rings. The summed E-state index contributed by atoms with van der Waals surface area (Å²) in [6.07, 6.45) is 1.83. The molecule has 5 heteroatoms. The Labute approximate surface area is 319 Å². The Morgan fingerprint density at radius 2 is 1.20 bits per heavy atom. The van der Waals surface area contributed by atoms with E-state index in [2.05, 4.69) is 71.0 Å². The van der Waals surface area contributed by atoms with Crippen molar-refractivity contribution in [1.29, 1.82) is 0 Å². The predicted octanol–water partition coefficient (Wildman–Crippen LogP) is 12.5. The van der Waals surface area contributed by atoms with Crippen LogP contribution in [0.4, 0.5) is 0 Å². The van der Waals surface area contributed by atoms with Gasteiger partial charge in [-0.05, 0) is 93.5 Å². The van der Waals surface area contributed by atoms with Crippen LogP contribution in [0.1, 0.15) is 116 Å². The Bertz CT molecular complexity index is 2190. The minimum Gasteiger partial charge on any atom is -0.508 e. The predicted molar refractivity (Wildman–Crippen MR) is 218 cm³/mol. The molecule has 0 bridgehead atoms. The summed E-state index contributed by atoms with van der Waals surface area (Å²) in [5.74, 6) is 1.93. The van der Waals surface area contributed by atoms with Gasteiger partial charge in [0.25, 0.3) is 0 Å². The van der Waals surface area contributed by atoms with Crippen molar-refractivity contribution in [2.45, 2.75) is 78.2 Å². The smallest absolute Gasteiger partial charge is 0.339 e. The number of carbonyl (C=O) groups is 2. The summed E-state index contributed by atoms with van der Waals surface area (Å²) in [6.45, 7) is 12.7. The van der Waals surface area contributed by atoms with Crippen LogP contribution in [0.15, 0.2) is 133 Å². The highest BCUT2D eigenvalue weighted by atomic mass is 16.5. The molecular weight excluding hydrogens is 669 g/mol. The van der Waals surface area contributed by atoms with Crippen LogP contribution < -0.4 is 4.74 Å². The standard InChI is InChI=1S/C28H24O2.C11H12O2.C10H14O/c1-3-18(2)19-14-8-16-23-20(19)15-9-17-26(23)28(29)30-27-24-12-6-4-10-21(24)22-11-5-7-13-25(22)27;1-7-8(2)11(12)13-10-6-4-3-5-9(7)10;1-3-8(2)9-4-6-10(11)7-5-9/h4-18,27H,3H2,1-2H3;3-8H,1-2H3;4-8,11H,3H2,1-2H3. The van der Waals surface area contributed by atoms with Gasteiger partial charge >= 0.3 is 11.9 Å². The highest BCUT2D eigenvalue weighted by Gasteiger charge is 2.32. The van der Waals surface area contributed by atoms with Gasteiger partial charge in [0, 0.05) is 11.1 Å². The number of aromatic hydroxyl groups is 1. The van der Waals surface area contributed by atoms with E-state index in [9.17, 15) is 9.59 Å². The number of hydrogen-bond donors (Lipinski definition) is 1. The molecule has 0 radical (unpaired) electrons. The molecule has 276 valence electrons. The molecule has 6 aromatic rings. The van der Waals surface area contributed by atoms with E-state index in [-0.39, 0.29) is 29.9 Å². The molecule has 8 rings (SSSR count). The molecule has 0 saturated heterocycles. The number of ether oxygens (including phenoxy) is 2. The van der Waals surface area contributed by atoms with E-state index in [0.29, 0.717) is 23.1 Å². The third-order valence-corrected chi connectivity index (χ3v) is 11.1. The number of rotatable bonds is 6. The second kappa shape index (κ2) is 17.0. The lowest BCUT2D eigenvalue weighted by Gasteiger charge is -2.26. The number of carbonyl (C=O) groups excluding carboxylic acids is 2. The summed E-state index contributed by atoms with van der Waals surface area (Å²) in [6, 6.07) is 43.7. The third kappa shape index (κ3) is 7.96. The van der Waals surface area contributed by atoms with Crippen molar-refractivity contribution < 1.29 is 24.2 Å². The van der Waals surface area contributed by atoms with Crippen molar-refractivity contribution in [3.63, 3.8) is 0 Å². The van der Waals surface area contributed by atoms with E-state index in [1.807, 2.05) is 91.9 Å². The normalized spacial score (nSPS) is 16.6. The lowest BCUT2D eigenvalue weighted by Crippen LogP contribution is -2.27. The molecule has 1 aliphatic carbocycles. The van der Waals surface area contributed by atoms with Crippen LogP contribution in [0.2, 0.25) is 0 Å². The first-order valence-electron chi connectivity index (χ1n) is 19.1. The van der Waals surface area contributed by atoms with Crippen molar-refractivity contribution in [3.8, 4) is 22.6 Å². The molecule has 0 spiro atoms. The average molecular weight is 719 g/mol. The van der Waals surface area contributed by atoms with E-state index in [1.165, 1.54) is 11.1 Å². The monoisotopic (exact) mass is 718 g/mol. The van der Waals surface area contributed by atoms with Gasteiger partial charge in [0.15, 0.2) is 6.10 Å². The van der Waals surface area contributed by atoms with Gasteiger partial charge in [-0.3, -0.25) is 4.79 Å². The number of phenolic OH excluding ortho intramolecular Hbond substituents is 1. The second-order valence-corrected chi connectivity index (χ2v) is 14.5. The van der Waals surface area contributed by atoms with Crippen LogP contribution in [-0.4, -0.2) is 17.0 Å². The number of fused-ring (bicyclic) bond motifs is 5. The lowest BCUT2D eigenvalue weighted by molar-refractivity contribution is -0.140. The number of para-hydroxylation sites is 1. The average Bonchev–Trinajstić information content (AvgIpc) is 3.52. The van der Waals surface area contributed by atoms with E-state index in [0.717, 1.165) is 57.2 Å². The van der Waals surface area contributed by atoms with Crippen LogP contribution >= 0.6 is 0 Å². The molecule has 4 unspecified atom stereocenters. The number of esters is 2. The molecule has 4 atom stereocenters. The molecule has 54 heavy (non-hydrogen) atoms. The van der Waals surface area contributed by atoms with Crippen LogP contribution in [0.25, 0.3) is 21.9 Å². The zero-order valence-corrected chi connectivity index (χ0v) is 32.1. The Kier molecular flexibility index (Phi) is 12.0. The summed E-state index contributed by atoms with van der Waals surface area (Å²) in [4.78, 5) is 24.7. The van der Waals surface area contributed by atoms with Gasteiger partial charge in [-0.25, -0.2) is 4.79 Å². The van der Waals surface area contributed by atoms with Gasteiger partial charge in [-0.2, -0.15) is 0 Å². The highest BCUT2D eigenvalue weighted by Crippen LogP contribution is 2.45. The topological polar surface area (TPSA) is 72.8 Å². The van der Waals surface area contributed by atoms with E-state index < -0.39 is 0 Å². The lowest BCUT2D eigenvalue weighted by atomic mass is 9.86. The Morgan fingerprint density at radius 1 is 0.648 bits per heavy atom. The molecule has 5 nitrogen and oxygen atoms in total. The van der Waals surface area contributed by atoms with Gasteiger partial charge < -0.3 is 14.6 Å². The van der Waals surface area contributed by atoms with Gasteiger partial charge in [-0.1, -0.05) is 151 Å². The van der Waals surface area contributed by atoms with Gasteiger partial charge in [0.05, 0.1) is 11.5 Å². The van der Waals surface area contributed by atoms with Crippen LogP contribution in [0.3, 0.4) is 0 Å². The van der Waals surface area contributed by atoms with E-state index in [4.69, 9.17) is 14.6 Å². The van der Waals surface area contributed by atoms with Gasteiger partial charge in [0.2, 0.25) is 0 Å². The Hall–Kier alpha value is -5.68. The van der Waals surface area contributed by atoms with Gasteiger partial charge in [-0.15, -0.1) is 0 Å². The third-order valence-electron chi connectivity index (χ3n) is 11.1. The zero-order valence-electron chi connectivity index (χ0n) is 32.1. The van der Waals surface area contributed by atoms with Crippen LogP contribution in [0, 0.1) is 5.92 Å². The first-order chi connectivity index (χ1) is 26.1. The molecule has 1 aliphatic heterocycles. The second-order valence-electron chi connectivity index (χ2n) is 14.5. The first-order valence-corrected chi connectivity index (χ1v) is 19.1. The number of benzene rings is 6. The molecule has 1 N–H and O–H groups in total. The van der Waals surface area contributed by atoms with Crippen LogP contribution in [-0.2, 0) is 9.53 Å². The first kappa shape index (κ1) is 38.1. The zero-order chi connectivity index (χ0) is 38.4. The highest BCUT2D eigenvalue weighted by molar-refractivity contribution is 6.05. The molecule has 0 saturated carbocycles. The number of hydrogen-bond acceptors (Lipinski definition) is 5. The summed E-state index contributed by atoms with van der Waals surface area (Å²) in [5.41, 5.74) is 8.71. The molecule has 0 amide bonds. The quantitative estimate of drug-likeness (QED) is 0.137. The molecule has 1 heterocycles. The molecular formula is C49H50O5. The maximum absolute atomic E-state index is 13.4. The van der Waals surface area contributed by atoms with Crippen molar-refractivity contribution in [2.75, 3.05) is 0 Å². The Morgan fingerprint density at radius 3 is 1.83 bits per heavy atom. The number of phenols is 1. The summed E-state index contributed by atoms with van der Waals surface area (Å²) in [7, 11) is 0. The largest absolute Gasteiger partial charge is 0.508 e. The summed E-state index contributed by atoms with van der Waals surface area (Å²) < 4.78 is 11.3. The van der Waals surface area contributed by atoms with Crippen molar-refractivity contribution >= 4 is 22.7 Å². The summed E-state index contributed by atoms with van der Waals surface area (Å²) >= 11 is 0. The fraction of sp³-hybridized carbons (Fsp3) is 0.265. The van der Waals surface area contributed by atoms with E-state index in [1.54, 1.807) is 12.1 Å². The van der Waals surface area contributed by atoms with Crippen LogP contribution in [0.5, 0.6) is 11.5 Å². The summed E-state index contributed by atoms with van der Waals surface area (Å²) in [5, 5.41) is 11.1. The maximum Gasteiger partial charge on any atom is 0.339 e. The fourth-order valence-electron chi connectivity index (χ4n) is 7.23. The van der Waals surface area contributed by atoms with Gasteiger partial charge in [0.1, 0.15) is 11.5 Å². The minimum atomic E-state index is -0.377. The Balaban J connectivity index is 0.000000170. The van der Waals surface area contributed by atoms with Crippen molar-refractivity contribution in [1.82, 2.24) is 0 Å². The molecule has 6 aromatic carbocycles. The van der Waals surface area contributed by atoms with Crippen molar-refractivity contribution in [3.05, 3.63) is 167 Å². The molecule has 2 aliphatic rings. The van der Waals surface area contributed by atoms with Crippen molar-refractivity contribution in [2.24, 2.45) is 5.92 Å². The maximum atomic E-state index is 13.4.